The number of halogens is 3. The van der Waals surface area contributed by atoms with Gasteiger partial charge in [0.05, 0.1) is 29.0 Å². The predicted molar refractivity (Wildman–Crippen MR) is 70.2 cm³/mol. The number of carbonyl (C=O) groups is 2. The highest BCUT2D eigenvalue weighted by Crippen LogP contribution is 2.37. The average Bonchev–Trinajstić information content (AvgIpc) is 2.98. The number of imide groups is 1. The van der Waals surface area contributed by atoms with E-state index in [2.05, 4.69) is 0 Å². The van der Waals surface area contributed by atoms with Gasteiger partial charge in [-0.05, 0) is 24.6 Å². The van der Waals surface area contributed by atoms with Crippen LogP contribution in [0.15, 0.2) is 18.2 Å². The molecule has 3 rings (SSSR count). The number of rotatable bonds is 1. The van der Waals surface area contributed by atoms with Crippen molar-refractivity contribution < 1.29 is 27.9 Å². The third-order valence-corrected chi connectivity index (χ3v) is 3.96. The molecule has 23 heavy (non-hydrogen) atoms. The van der Waals surface area contributed by atoms with Gasteiger partial charge in [0.15, 0.2) is 0 Å². The molecule has 9 heteroatoms. The monoisotopic (exact) mass is 325 g/mol. The normalized spacial score (nSPS) is 24.1. The van der Waals surface area contributed by atoms with Gasteiger partial charge in [-0.2, -0.15) is 18.4 Å². The van der Waals surface area contributed by atoms with Gasteiger partial charge in [0.2, 0.25) is 0 Å². The molecule has 2 aliphatic rings. The van der Waals surface area contributed by atoms with Gasteiger partial charge in [-0.25, -0.2) is 9.69 Å². The largest absolute Gasteiger partial charge is 0.417 e. The number of carbonyl (C=O) groups excluding carboxylic acids is 2. The molecule has 1 aromatic rings. The van der Waals surface area contributed by atoms with E-state index in [1.165, 1.54) is 6.07 Å². The number of aliphatic hydroxyl groups is 1. The minimum Gasteiger partial charge on any atom is -0.390 e. The van der Waals surface area contributed by atoms with Crippen LogP contribution < -0.4 is 4.90 Å². The molecule has 3 amide bonds. The van der Waals surface area contributed by atoms with Crippen LogP contribution in [0.1, 0.15) is 17.5 Å². The summed E-state index contributed by atoms with van der Waals surface area (Å²) in [5, 5.41) is 18.5. The van der Waals surface area contributed by atoms with Crippen LogP contribution in [0.4, 0.5) is 23.7 Å². The van der Waals surface area contributed by atoms with Crippen molar-refractivity contribution in [3.8, 4) is 6.07 Å². The fourth-order valence-corrected chi connectivity index (χ4v) is 2.88. The van der Waals surface area contributed by atoms with Crippen LogP contribution in [0.3, 0.4) is 0 Å². The van der Waals surface area contributed by atoms with Crippen LogP contribution in [-0.4, -0.2) is 40.6 Å². The van der Waals surface area contributed by atoms with Gasteiger partial charge in [-0.15, -0.1) is 0 Å². The summed E-state index contributed by atoms with van der Waals surface area (Å²) in [5.74, 6) is -0.766. The van der Waals surface area contributed by atoms with Gasteiger partial charge in [0, 0.05) is 6.54 Å². The Morgan fingerprint density at radius 3 is 2.57 bits per heavy atom. The molecule has 0 spiro atoms. The van der Waals surface area contributed by atoms with E-state index in [9.17, 15) is 27.9 Å². The Hall–Kier alpha value is -2.60. The summed E-state index contributed by atoms with van der Waals surface area (Å²) in [4.78, 5) is 26.3. The lowest BCUT2D eigenvalue weighted by Gasteiger charge is -2.18. The number of aliphatic hydroxyl groups excluding tert-OH is 1. The number of hydrogen-bond acceptors (Lipinski definition) is 4. The van der Waals surface area contributed by atoms with Crippen molar-refractivity contribution in [3.05, 3.63) is 29.3 Å². The van der Waals surface area contributed by atoms with Gasteiger partial charge in [-0.3, -0.25) is 4.79 Å². The maximum absolute atomic E-state index is 13.0. The van der Waals surface area contributed by atoms with Gasteiger partial charge in [0.1, 0.15) is 6.04 Å². The van der Waals surface area contributed by atoms with E-state index < -0.39 is 41.4 Å². The number of nitriles is 1. The molecule has 1 N–H and O–H groups in total. The molecule has 6 nitrogen and oxygen atoms in total. The van der Waals surface area contributed by atoms with Crippen LogP contribution in [0, 0.1) is 11.3 Å². The zero-order valence-corrected chi connectivity index (χ0v) is 11.5. The van der Waals surface area contributed by atoms with Crippen molar-refractivity contribution in [1.82, 2.24) is 4.90 Å². The zero-order valence-electron chi connectivity index (χ0n) is 11.5. The van der Waals surface area contributed by atoms with E-state index in [0.29, 0.717) is 11.0 Å². The first-order chi connectivity index (χ1) is 10.8. The van der Waals surface area contributed by atoms with E-state index in [4.69, 9.17) is 5.26 Å². The molecule has 2 aliphatic heterocycles. The number of fused-ring (bicyclic) bond motifs is 1. The summed E-state index contributed by atoms with van der Waals surface area (Å²) in [6, 6.07) is 2.22. The first kappa shape index (κ1) is 15.3. The number of anilines is 1. The molecular formula is C14H10F3N3O3. The number of alkyl halides is 3. The Kier molecular flexibility index (Phi) is 3.30. The Balaban J connectivity index is 2.05. The van der Waals surface area contributed by atoms with Crippen LogP contribution in [0.5, 0.6) is 0 Å². The number of hydrogen-bond donors (Lipinski definition) is 1. The van der Waals surface area contributed by atoms with Crippen LogP contribution in [0.2, 0.25) is 0 Å². The number of urea groups is 1. The van der Waals surface area contributed by atoms with Crippen LogP contribution >= 0.6 is 0 Å². The second-order valence-electron chi connectivity index (χ2n) is 5.29. The number of benzene rings is 1. The molecule has 2 heterocycles. The van der Waals surface area contributed by atoms with Crippen molar-refractivity contribution in [2.75, 3.05) is 11.4 Å². The molecule has 0 aliphatic carbocycles. The van der Waals surface area contributed by atoms with Crippen LogP contribution in [-0.2, 0) is 11.0 Å². The van der Waals surface area contributed by atoms with Crippen molar-refractivity contribution in [2.45, 2.75) is 24.7 Å². The fraction of sp³-hybridized carbons (Fsp3) is 0.357. The molecule has 0 unspecified atom stereocenters. The quantitative estimate of drug-likeness (QED) is 0.793. The van der Waals surface area contributed by atoms with E-state index in [1.54, 1.807) is 0 Å². The Bertz CT molecular complexity index is 741. The highest BCUT2D eigenvalue weighted by molar-refractivity contribution is 6.21. The van der Waals surface area contributed by atoms with Gasteiger partial charge in [0.25, 0.3) is 5.91 Å². The Morgan fingerprint density at radius 1 is 1.30 bits per heavy atom. The van der Waals surface area contributed by atoms with Gasteiger partial charge in [-0.1, -0.05) is 0 Å². The summed E-state index contributed by atoms with van der Waals surface area (Å²) in [6.07, 6.45) is -5.57. The molecule has 2 fully saturated rings. The fourth-order valence-electron chi connectivity index (χ4n) is 2.88. The maximum Gasteiger partial charge on any atom is 0.417 e. The third-order valence-electron chi connectivity index (χ3n) is 3.96. The van der Waals surface area contributed by atoms with Gasteiger partial charge >= 0.3 is 12.2 Å². The molecule has 0 saturated carbocycles. The first-order valence-corrected chi connectivity index (χ1v) is 6.69. The SMILES string of the molecule is N#Cc1ccc(N2C(=O)[C@@H]3[C@H](O)CCN3C2=O)cc1C(F)(F)F. The van der Waals surface area contributed by atoms with E-state index in [-0.39, 0.29) is 18.7 Å². The summed E-state index contributed by atoms with van der Waals surface area (Å²) in [5.41, 5.74) is -2.08. The zero-order chi connectivity index (χ0) is 16.9. The highest BCUT2D eigenvalue weighted by Gasteiger charge is 2.52. The second-order valence-corrected chi connectivity index (χ2v) is 5.29. The molecule has 1 aromatic carbocycles. The second kappa shape index (κ2) is 4.96. The lowest BCUT2D eigenvalue weighted by Crippen LogP contribution is -2.36. The topological polar surface area (TPSA) is 84.6 Å². The molecule has 120 valence electrons. The molecule has 0 radical (unpaired) electrons. The number of amides is 3. The summed E-state index contributed by atoms with van der Waals surface area (Å²) < 4.78 is 39.0. The first-order valence-electron chi connectivity index (χ1n) is 6.69. The van der Waals surface area contributed by atoms with Gasteiger partial charge < -0.3 is 10.0 Å². The van der Waals surface area contributed by atoms with E-state index >= 15 is 0 Å². The maximum atomic E-state index is 13.0. The summed E-state index contributed by atoms with van der Waals surface area (Å²) in [7, 11) is 0. The molecular weight excluding hydrogens is 315 g/mol. The van der Waals surface area contributed by atoms with Crippen molar-refractivity contribution in [1.29, 1.82) is 5.26 Å². The molecule has 2 atom stereocenters. The standard InChI is InChI=1S/C14H10F3N3O3/c15-14(16,17)9-5-8(2-1-7(9)6-18)20-12(22)11-10(21)3-4-19(11)13(20)23/h1-2,5,10-11,21H,3-4H2/t10-,11+/m1/s1. The number of nitrogens with zero attached hydrogens (tertiary/aromatic N) is 3. The summed E-state index contributed by atoms with van der Waals surface area (Å²) >= 11 is 0. The van der Waals surface area contributed by atoms with Crippen molar-refractivity contribution in [3.63, 3.8) is 0 Å². The lowest BCUT2D eigenvalue weighted by atomic mass is 10.1. The van der Waals surface area contributed by atoms with E-state index in [0.717, 1.165) is 17.0 Å². The molecule has 0 aromatic heterocycles. The Morgan fingerprint density at radius 2 is 2.00 bits per heavy atom. The average molecular weight is 325 g/mol. The Labute approximate surface area is 128 Å². The lowest BCUT2D eigenvalue weighted by molar-refractivity contribution is -0.137. The minimum absolute atomic E-state index is 0.162. The molecule has 2 saturated heterocycles. The van der Waals surface area contributed by atoms with E-state index in [1.807, 2.05) is 0 Å². The minimum atomic E-state index is -4.79. The predicted octanol–water partition coefficient (Wildman–Crippen LogP) is 1.48. The smallest absolute Gasteiger partial charge is 0.390 e. The summed E-state index contributed by atoms with van der Waals surface area (Å²) in [6.45, 7) is 0.162. The third kappa shape index (κ3) is 2.22. The van der Waals surface area contributed by atoms with Crippen LogP contribution in [0.25, 0.3) is 0 Å². The highest BCUT2D eigenvalue weighted by atomic mass is 19.4. The molecule has 0 bridgehead atoms. The van der Waals surface area contributed by atoms with Crippen molar-refractivity contribution >= 4 is 17.6 Å². The van der Waals surface area contributed by atoms with Crippen molar-refractivity contribution in [2.24, 2.45) is 0 Å².